The summed E-state index contributed by atoms with van der Waals surface area (Å²) in [4.78, 5) is 21.3. The second kappa shape index (κ2) is 7.62. The minimum absolute atomic E-state index is 0.195. The molecule has 2 heterocycles. The smallest absolute Gasteiger partial charge is 0.407 e. The lowest BCUT2D eigenvalue weighted by atomic mass is 9.93. The van der Waals surface area contributed by atoms with Crippen molar-refractivity contribution in [1.29, 1.82) is 0 Å². The second-order valence-corrected chi connectivity index (χ2v) is 9.49. The number of carbonyl (C=O) groups excluding carboxylic acids is 1. The number of pyridine rings is 1. The lowest BCUT2D eigenvalue weighted by Gasteiger charge is -2.28. The SMILES string of the molecule is CSc1nc2cnc3ccccc3c2n1CC(C)(C)CNC(=O)OC(C)(C)C. The van der Waals surface area contributed by atoms with E-state index in [4.69, 9.17) is 9.72 Å². The molecule has 6 nitrogen and oxygen atoms in total. The maximum atomic E-state index is 12.1. The largest absolute Gasteiger partial charge is 0.444 e. The first-order chi connectivity index (χ1) is 13.1. The zero-order chi connectivity index (χ0) is 20.5. The fraction of sp³-hybridized carbons (Fsp3) is 0.476. The van der Waals surface area contributed by atoms with Crippen molar-refractivity contribution < 1.29 is 9.53 Å². The highest BCUT2D eigenvalue weighted by molar-refractivity contribution is 7.98. The average molecular weight is 401 g/mol. The van der Waals surface area contributed by atoms with E-state index < -0.39 is 11.7 Å². The zero-order valence-electron chi connectivity index (χ0n) is 17.4. The summed E-state index contributed by atoms with van der Waals surface area (Å²) >= 11 is 1.61. The lowest BCUT2D eigenvalue weighted by Crippen LogP contribution is -2.39. The summed E-state index contributed by atoms with van der Waals surface area (Å²) in [7, 11) is 0. The second-order valence-electron chi connectivity index (χ2n) is 8.71. The van der Waals surface area contributed by atoms with Crippen LogP contribution in [-0.2, 0) is 11.3 Å². The zero-order valence-corrected chi connectivity index (χ0v) is 18.2. The highest BCUT2D eigenvalue weighted by Crippen LogP contribution is 2.31. The maximum absolute atomic E-state index is 12.1. The Labute approximate surface area is 170 Å². The van der Waals surface area contributed by atoms with Crippen molar-refractivity contribution in [3.63, 3.8) is 0 Å². The average Bonchev–Trinajstić information content (AvgIpc) is 2.96. The summed E-state index contributed by atoms with van der Waals surface area (Å²) in [5.41, 5.74) is 2.22. The van der Waals surface area contributed by atoms with Crippen molar-refractivity contribution >= 4 is 39.8 Å². The lowest BCUT2D eigenvalue weighted by molar-refractivity contribution is 0.0502. The quantitative estimate of drug-likeness (QED) is 0.620. The van der Waals surface area contributed by atoms with Gasteiger partial charge < -0.3 is 14.6 Å². The van der Waals surface area contributed by atoms with Gasteiger partial charge in [-0.3, -0.25) is 4.98 Å². The van der Waals surface area contributed by atoms with Crippen LogP contribution in [0.1, 0.15) is 34.6 Å². The summed E-state index contributed by atoms with van der Waals surface area (Å²) in [6.45, 7) is 11.0. The molecule has 0 aliphatic carbocycles. The Morgan fingerprint density at radius 3 is 2.57 bits per heavy atom. The molecule has 1 aromatic carbocycles. The molecule has 0 radical (unpaired) electrons. The predicted molar refractivity (Wildman–Crippen MR) is 115 cm³/mol. The summed E-state index contributed by atoms with van der Waals surface area (Å²) in [5, 5.41) is 4.93. The van der Waals surface area contributed by atoms with Crippen LogP contribution in [0.5, 0.6) is 0 Å². The number of ether oxygens (including phenoxy) is 1. The van der Waals surface area contributed by atoms with Crippen molar-refractivity contribution in [3.8, 4) is 0 Å². The third kappa shape index (κ3) is 4.58. The summed E-state index contributed by atoms with van der Waals surface area (Å²) in [6.07, 6.45) is 3.47. The molecule has 0 saturated heterocycles. The van der Waals surface area contributed by atoms with E-state index in [0.717, 1.165) is 27.1 Å². The molecule has 0 aliphatic rings. The first-order valence-corrected chi connectivity index (χ1v) is 10.6. The molecule has 1 amide bonds. The predicted octanol–water partition coefficient (Wildman–Crippen LogP) is 4.86. The molecule has 0 unspecified atom stereocenters. The Bertz CT molecular complexity index is 1000. The van der Waals surface area contributed by atoms with E-state index in [1.165, 1.54) is 0 Å². The number of nitrogens with zero attached hydrogens (tertiary/aromatic N) is 3. The number of nitrogens with one attached hydrogen (secondary N) is 1. The van der Waals surface area contributed by atoms with Gasteiger partial charge in [0.15, 0.2) is 5.16 Å². The Morgan fingerprint density at radius 1 is 1.18 bits per heavy atom. The summed E-state index contributed by atoms with van der Waals surface area (Å²) < 4.78 is 7.60. The van der Waals surface area contributed by atoms with Crippen molar-refractivity contribution in [2.75, 3.05) is 12.8 Å². The van der Waals surface area contributed by atoms with Crippen LogP contribution in [0, 0.1) is 5.41 Å². The number of hydrogen-bond donors (Lipinski definition) is 1. The van der Waals surface area contributed by atoms with E-state index in [-0.39, 0.29) is 5.41 Å². The number of carbonyl (C=O) groups is 1. The van der Waals surface area contributed by atoms with Crippen molar-refractivity contribution in [2.24, 2.45) is 5.41 Å². The van der Waals surface area contributed by atoms with Crippen molar-refractivity contribution in [1.82, 2.24) is 19.9 Å². The minimum atomic E-state index is -0.507. The van der Waals surface area contributed by atoms with Gasteiger partial charge in [0.1, 0.15) is 11.1 Å². The van der Waals surface area contributed by atoms with E-state index in [2.05, 4.69) is 34.8 Å². The third-order valence-electron chi connectivity index (χ3n) is 4.32. The molecule has 2 aromatic heterocycles. The molecule has 3 aromatic rings. The summed E-state index contributed by atoms with van der Waals surface area (Å²) in [5.74, 6) is 0. The number of imidazole rings is 1. The molecule has 7 heteroatoms. The fourth-order valence-corrected chi connectivity index (χ4v) is 3.72. The van der Waals surface area contributed by atoms with Gasteiger partial charge in [-0.25, -0.2) is 9.78 Å². The first kappa shape index (κ1) is 20.5. The van der Waals surface area contributed by atoms with Gasteiger partial charge in [0, 0.05) is 23.9 Å². The van der Waals surface area contributed by atoms with Gasteiger partial charge >= 0.3 is 6.09 Å². The van der Waals surface area contributed by atoms with Crippen LogP contribution in [0.3, 0.4) is 0 Å². The molecule has 1 N–H and O–H groups in total. The Morgan fingerprint density at radius 2 is 1.89 bits per heavy atom. The van der Waals surface area contributed by atoms with Gasteiger partial charge in [0.25, 0.3) is 0 Å². The molecular weight excluding hydrogens is 372 g/mol. The number of fused-ring (bicyclic) bond motifs is 3. The molecule has 0 spiro atoms. The van der Waals surface area contributed by atoms with Gasteiger partial charge in [-0.05, 0) is 33.1 Å². The fourth-order valence-electron chi connectivity index (χ4n) is 3.15. The van der Waals surface area contributed by atoms with Gasteiger partial charge in [-0.2, -0.15) is 0 Å². The van der Waals surface area contributed by atoms with Crippen LogP contribution in [0.2, 0.25) is 0 Å². The molecular formula is C21H28N4O2S. The molecule has 0 bridgehead atoms. The Kier molecular flexibility index (Phi) is 5.57. The Hall–Kier alpha value is -2.28. The van der Waals surface area contributed by atoms with Crippen LogP contribution in [0.4, 0.5) is 4.79 Å². The topological polar surface area (TPSA) is 69.0 Å². The standard InChI is InChI=1S/C21H28N4O2S/c1-20(2,3)27-19(26)23-12-21(4,5)13-25-17-14-9-7-8-10-15(14)22-11-16(17)24-18(25)28-6/h7-11H,12-13H2,1-6H3,(H,23,26). The van der Waals surface area contributed by atoms with E-state index >= 15 is 0 Å². The van der Waals surface area contributed by atoms with Crippen LogP contribution in [-0.4, -0.2) is 39.0 Å². The Balaban J connectivity index is 1.90. The number of para-hydroxylation sites is 1. The first-order valence-electron chi connectivity index (χ1n) is 9.34. The molecule has 0 saturated carbocycles. The number of rotatable bonds is 5. The highest BCUT2D eigenvalue weighted by atomic mass is 32.2. The van der Waals surface area contributed by atoms with E-state index in [9.17, 15) is 4.79 Å². The number of alkyl carbamates (subject to hydrolysis) is 1. The van der Waals surface area contributed by atoms with Gasteiger partial charge in [0.2, 0.25) is 0 Å². The van der Waals surface area contributed by atoms with E-state index in [0.29, 0.717) is 13.1 Å². The molecule has 0 aliphatic heterocycles. The number of aromatic nitrogens is 3. The highest BCUT2D eigenvalue weighted by Gasteiger charge is 2.25. The van der Waals surface area contributed by atoms with E-state index in [1.54, 1.807) is 11.8 Å². The minimum Gasteiger partial charge on any atom is -0.444 e. The van der Waals surface area contributed by atoms with Crippen molar-refractivity contribution in [3.05, 3.63) is 30.5 Å². The van der Waals surface area contributed by atoms with Gasteiger partial charge in [0.05, 0.1) is 17.2 Å². The molecule has 0 atom stereocenters. The van der Waals surface area contributed by atoms with Crippen LogP contribution in [0.15, 0.2) is 35.6 Å². The molecule has 150 valence electrons. The number of thioether (sulfide) groups is 1. The maximum Gasteiger partial charge on any atom is 0.407 e. The molecule has 28 heavy (non-hydrogen) atoms. The molecule has 0 fully saturated rings. The number of amides is 1. The third-order valence-corrected chi connectivity index (χ3v) is 5.00. The number of hydrogen-bond acceptors (Lipinski definition) is 5. The van der Waals surface area contributed by atoms with E-state index in [1.807, 2.05) is 51.4 Å². The van der Waals surface area contributed by atoms with Gasteiger partial charge in [-0.15, -0.1) is 0 Å². The van der Waals surface area contributed by atoms with Crippen LogP contribution < -0.4 is 5.32 Å². The van der Waals surface area contributed by atoms with Gasteiger partial charge in [-0.1, -0.05) is 43.8 Å². The van der Waals surface area contributed by atoms with Crippen LogP contribution in [0.25, 0.3) is 21.9 Å². The number of benzene rings is 1. The van der Waals surface area contributed by atoms with Crippen LogP contribution >= 0.6 is 11.8 Å². The van der Waals surface area contributed by atoms with Crippen molar-refractivity contribution in [2.45, 2.75) is 51.9 Å². The normalized spacial score (nSPS) is 12.5. The molecule has 3 rings (SSSR count). The summed E-state index contributed by atoms with van der Waals surface area (Å²) in [6, 6.07) is 8.11. The monoisotopic (exact) mass is 400 g/mol.